The number of nitrogen functional groups attached to an aromatic ring is 1. The lowest BCUT2D eigenvalue weighted by atomic mass is 10.0. The van der Waals surface area contributed by atoms with E-state index in [1.165, 1.54) is 23.1 Å². The van der Waals surface area contributed by atoms with Gasteiger partial charge < -0.3 is 24.5 Å². The molecule has 2 N–H and O–H groups in total. The van der Waals surface area contributed by atoms with Crippen LogP contribution >= 0.6 is 0 Å². The van der Waals surface area contributed by atoms with Crippen molar-refractivity contribution >= 4 is 30.9 Å². The lowest BCUT2D eigenvalue weighted by Gasteiger charge is -2.36. The van der Waals surface area contributed by atoms with Gasteiger partial charge in [0.15, 0.2) is 8.32 Å². The molecule has 7 nitrogen and oxygen atoms in total. The van der Waals surface area contributed by atoms with Gasteiger partial charge in [0.25, 0.3) is 5.91 Å². The number of halogens is 4. The van der Waals surface area contributed by atoms with E-state index in [2.05, 4.69) is 38.8 Å². The number of nitrogens with zero attached hydrogens (tertiary/aromatic N) is 2. The molecule has 232 valence electrons. The van der Waals surface area contributed by atoms with Crippen LogP contribution in [0.15, 0.2) is 36.4 Å². The molecule has 5 rings (SSSR count). The molecule has 2 aliphatic rings. The fourth-order valence-corrected chi connectivity index (χ4v) is 5.69. The quantitative estimate of drug-likeness (QED) is 0.201. The number of hydrogen-bond donors (Lipinski definition) is 1. The van der Waals surface area contributed by atoms with Crippen LogP contribution in [0.25, 0.3) is 10.9 Å². The van der Waals surface area contributed by atoms with Crippen molar-refractivity contribution in [1.82, 2.24) is 9.88 Å². The smallest absolute Gasteiger partial charge is 0.416 e. The van der Waals surface area contributed by atoms with E-state index in [-0.39, 0.29) is 54.6 Å². The van der Waals surface area contributed by atoms with Crippen molar-refractivity contribution in [3.8, 4) is 5.75 Å². The maximum absolute atomic E-state index is 15.5. The molecule has 1 amide bonds. The third kappa shape index (κ3) is 6.65. The van der Waals surface area contributed by atoms with Crippen LogP contribution < -0.4 is 10.5 Å². The summed E-state index contributed by atoms with van der Waals surface area (Å²) >= 11 is 0. The van der Waals surface area contributed by atoms with Gasteiger partial charge in [0.05, 0.1) is 42.0 Å². The molecule has 0 spiro atoms. The van der Waals surface area contributed by atoms with E-state index in [0.29, 0.717) is 22.0 Å². The summed E-state index contributed by atoms with van der Waals surface area (Å²) in [5.41, 5.74) is 6.51. The van der Waals surface area contributed by atoms with Crippen molar-refractivity contribution in [3.63, 3.8) is 0 Å². The van der Waals surface area contributed by atoms with E-state index in [9.17, 15) is 18.0 Å². The van der Waals surface area contributed by atoms with Crippen molar-refractivity contribution in [2.75, 3.05) is 25.5 Å². The Morgan fingerprint density at radius 1 is 1.14 bits per heavy atom. The van der Waals surface area contributed by atoms with E-state index in [1.807, 2.05) is 0 Å². The van der Waals surface area contributed by atoms with Crippen molar-refractivity contribution < 1.29 is 36.3 Å². The number of amides is 1. The van der Waals surface area contributed by atoms with Crippen LogP contribution in [0.3, 0.4) is 0 Å². The zero-order valence-electron chi connectivity index (χ0n) is 25.0. The van der Waals surface area contributed by atoms with Crippen molar-refractivity contribution in [2.24, 2.45) is 0 Å². The number of benzene rings is 2. The normalized spacial score (nSPS) is 17.2. The first-order valence-electron chi connectivity index (χ1n) is 14.3. The number of anilines is 1. The summed E-state index contributed by atoms with van der Waals surface area (Å²) in [5, 5.41) is 0.498. The van der Waals surface area contributed by atoms with E-state index >= 15 is 4.39 Å². The summed E-state index contributed by atoms with van der Waals surface area (Å²) in [6.07, 6.45) is -2.55. The molecular formula is C31H37F4N3O4Si. The first-order chi connectivity index (χ1) is 20.0. The highest BCUT2D eigenvalue weighted by Gasteiger charge is 2.39. The molecule has 2 aromatic carbocycles. The highest BCUT2D eigenvalue weighted by Crippen LogP contribution is 2.41. The number of pyridine rings is 1. The Labute approximate surface area is 249 Å². The van der Waals surface area contributed by atoms with Crippen molar-refractivity contribution in [1.29, 1.82) is 0 Å². The van der Waals surface area contributed by atoms with Gasteiger partial charge in [-0.1, -0.05) is 26.8 Å². The van der Waals surface area contributed by atoms with E-state index in [1.54, 1.807) is 6.07 Å². The maximum atomic E-state index is 15.5. The average Bonchev–Trinajstić information content (AvgIpc) is 3.65. The first kappa shape index (κ1) is 31.2. The molecular weight excluding hydrogens is 582 g/mol. The summed E-state index contributed by atoms with van der Waals surface area (Å²) < 4.78 is 73.1. The van der Waals surface area contributed by atoms with Gasteiger partial charge in [-0.15, -0.1) is 0 Å². The zero-order chi connectivity index (χ0) is 31.3. The fourth-order valence-electron chi connectivity index (χ4n) is 4.74. The van der Waals surface area contributed by atoms with E-state index in [0.717, 1.165) is 25.0 Å². The Morgan fingerprint density at radius 2 is 1.86 bits per heavy atom. The van der Waals surface area contributed by atoms with Crippen LogP contribution in [0.5, 0.6) is 5.75 Å². The van der Waals surface area contributed by atoms with Crippen molar-refractivity contribution in [3.05, 3.63) is 64.5 Å². The number of carbonyl (C=O) groups is 1. The summed E-state index contributed by atoms with van der Waals surface area (Å²) in [6.45, 7) is 11.1. The number of ether oxygens (including phenoxy) is 2. The summed E-state index contributed by atoms with van der Waals surface area (Å²) in [6, 6.07) is 6.85. The Bertz CT molecular complexity index is 1540. The minimum absolute atomic E-state index is 0.0156. The van der Waals surface area contributed by atoms with Gasteiger partial charge in [-0.25, -0.2) is 9.37 Å². The molecule has 1 saturated carbocycles. The number of carbonyl (C=O) groups excluding carboxylic acids is 1. The number of aromatic nitrogens is 1. The third-order valence-electron chi connectivity index (χ3n) is 8.58. The topological polar surface area (TPSA) is 86.9 Å². The van der Waals surface area contributed by atoms with Crippen molar-refractivity contribution in [2.45, 2.75) is 76.7 Å². The first-order valence-corrected chi connectivity index (χ1v) is 17.2. The fraction of sp³-hybridized carbons (Fsp3) is 0.484. The van der Waals surface area contributed by atoms with Gasteiger partial charge in [0.1, 0.15) is 24.0 Å². The molecule has 1 aliphatic heterocycles. The zero-order valence-corrected chi connectivity index (χ0v) is 26.0. The lowest BCUT2D eigenvalue weighted by molar-refractivity contribution is -0.137. The SMILES string of the molecule is CC(C)(C)[Si](C)(C)OCc1cc2cc(C(=O)N(CCOC3CC3)C3COc4cc(C(F)(F)F)ccc43)c(F)cc2nc1N. The van der Waals surface area contributed by atoms with Crippen LogP contribution in [0.1, 0.15) is 66.7 Å². The molecule has 2 heterocycles. The second-order valence-electron chi connectivity index (χ2n) is 12.8. The molecule has 1 aromatic heterocycles. The second-order valence-corrected chi connectivity index (χ2v) is 17.6. The molecule has 1 aliphatic carbocycles. The summed E-state index contributed by atoms with van der Waals surface area (Å²) in [7, 11) is -2.10. The number of fused-ring (bicyclic) bond motifs is 2. The number of alkyl halides is 3. The molecule has 43 heavy (non-hydrogen) atoms. The molecule has 1 fully saturated rings. The number of hydrogen-bond acceptors (Lipinski definition) is 6. The van der Waals surface area contributed by atoms with Crippen LogP contribution in [0.4, 0.5) is 23.4 Å². The largest absolute Gasteiger partial charge is 0.491 e. The van der Waals surface area contributed by atoms with Crippen LogP contribution in [-0.4, -0.2) is 50.0 Å². The number of nitrogens with two attached hydrogens (primary N) is 1. The molecule has 12 heteroatoms. The Hall–Kier alpha value is -3.22. The van der Waals surface area contributed by atoms with Crippen LogP contribution in [0, 0.1) is 5.82 Å². The summed E-state index contributed by atoms with van der Waals surface area (Å²) in [4.78, 5) is 19.8. The monoisotopic (exact) mass is 619 g/mol. The Kier molecular flexibility index (Phi) is 8.25. The maximum Gasteiger partial charge on any atom is 0.416 e. The second kappa shape index (κ2) is 11.4. The minimum Gasteiger partial charge on any atom is -0.491 e. The van der Waals surface area contributed by atoms with E-state index in [4.69, 9.17) is 19.6 Å². The lowest BCUT2D eigenvalue weighted by Crippen LogP contribution is -2.40. The Balaban J connectivity index is 1.46. The van der Waals surface area contributed by atoms with Gasteiger partial charge in [-0.3, -0.25) is 4.79 Å². The van der Waals surface area contributed by atoms with Gasteiger partial charge >= 0.3 is 6.18 Å². The standard InChI is InChI=1S/C31H37F4N3O4Si/c1-30(2,3)43(4,5)42-16-19-12-18-13-23(24(32)15-25(18)37-28(19)36)29(39)38(10-11-40-21-7-8-21)26-17-41-27-14-20(31(33,34)35)6-9-22(26)27/h6,9,12-15,21,26H,7-8,10-11,16-17H2,1-5H3,(H2,36,37). The highest BCUT2D eigenvalue weighted by molar-refractivity contribution is 6.74. The van der Waals surface area contributed by atoms with Crippen LogP contribution in [-0.2, 0) is 21.9 Å². The Morgan fingerprint density at radius 3 is 2.51 bits per heavy atom. The van der Waals surface area contributed by atoms with Gasteiger partial charge in [-0.05, 0) is 55.2 Å². The predicted molar refractivity (Wildman–Crippen MR) is 158 cm³/mol. The van der Waals surface area contributed by atoms with E-state index < -0.39 is 37.8 Å². The molecule has 3 aromatic rings. The number of rotatable bonds is 9. The summed E-state index contributed by atoms with van der Waals surface area (Å²) in [5.74, 6) is -1.14. The van der Waals surface area contributed by atoms with Gasteiger partial charge in [0.2, 0.25) is 0 Å². The van der Waals surface area contributed by atoms with Crippen LogP contribution in [0.2, 0.25) is 18.1 Å². The molecule has 1 unspecified atom stereocenters. The third-order valence-corrected chi connectivity index (χ3v) is 13.1. The molecule has 0 radical (unpaired) electrons. The predicted octanol–water partition coefficient (Wildman–Crippen LogP) is 7.25. The van der Waals surface area contributed by atoms with Gasteiger partial charge in [0, 0.05) is 29.1 Å². The molecule has 0 saturated heterocycles. The molecule has 1 atom stereocenters. The molecule has 0 bridgehead atoms. The highest BCUT2D eigenvalue weighted by atomic mass is 28.4. The van der Waals surface area contributed by atoms with Gasteiger partial charge in [-0.2, -0.15) is 13.2 Å². The average molecular weight is 620 g/mol. The minimum atomic E-state index is -4.54.